The van der Waals surface area contributed by atoms with Crippen LogP contribution in [0.2, 0.25) is 0 Å². The smallest absolute Gasteiger partial charge is 0.164 e. The van der Waals surface area contributed by atoms with E-state index in [1.807, 2.05) is 17.7 Å². The number of benzene rings is 2. The van der Waals surface area contributed by atoms with Gasteiger partial charge < -0.3 is 10.6 Å². The number of aryl methyl sites for hydroxylation is 2. The maximum Gasteiger partial charge on any atom is 0.164 e. The summed E-state index contributed by atoms with van der Waals surface area (Å²) in [6.07, 6.45) is 4.60. The first kappa shape index (κ1) is 21.8. The summed E-state index contributed by atoms with van der Waals surface area (Å²) >= 11 is 0. The monoisotopic (exact) mass is 454 g/mol. The molecular weight excluding hydrogens is 427 g/mol. The fraction of sp³-hybridized carbons (Fsp3) is 0.222. The van der Waals surface area contributed by atoms with Crippen molar-refractivity contribution in [1.29, 1.82) is 0 Å². The molecule has 0 saturated heterocycles. The summed E-state index contributed by atoms with van der Waals surface area (Å²) in [6.45, 7) is 11.8. The highest BCUT2D eigenvalue weighted by molar-refractivity contribution is 5.98. The number of nitrogen functional groups attached to an aromatic ring is 1. The van der Waals surface area contributed by atoms with Gasteiger partial charge in [0.15, 0.2) is 5.65 Å². The lowest BCUT2D eigenvalue weighted by Gasteiger charge is -2.34. The van der Waals surface area contributed by atoms with E-state index < -0.39 is 0 Å². The van der Waals surface area contributed by atoms with Crippen molar-refractivity contribution in [2.75, 3.05) is 12.3 Å². The van der Waals surface area contributed by atoms with Crippen LogP contribution in [0, 0.1) is 19.7 Å². The van der Waals surface area contributed by atoms with E-state index >= 15 is 0 Å². The lowest BCUT2D eigenvalue weighted by Crippen LogP contribution is -2.28. The number of nitrogens with zero attached hydrogens (tertiary/aromatic N) is 5. The van der Waals surface area contributed by atoms with E-state index in [9.17, 15) is 4.39 Å². The van der Waals surface area contributed by atoms with Gasteiger partial charge in [-0.3, -0.25) is 0 Å². The standard InChI is InChI=1S/C27H27FN6/c1-5-9-33-18(4)23-17(3)7-6-8-19(23)13-22(33)14-34-27-24(26(29)30-15-31-27)25(32-34)20-10-16(2)11-21(28)12-20/h6-8,10-13,15H,4-5,9,14H2,1-3H3,(H2,29,30,31). The Morgan fingerprint density at radius 3 is 2.71 bits per heavy atom. The summed E-state index contributed by atoms with van der Waals surface area (Å²) in [7, 11) is 0. The summed E-state index contributed by atoms with van der Waals surface area (Å²) in [5.74, 6) is 0.00193. The Balaban J connectivity index is 1.67. The molecule has 0 fully saturated rings. The first-order valence-electron chi connectivity index (χ1n) is 11.4. The molecule has 2 aromatic heterocycles. The highest BCUT2D eigenvalue weighted by atomic mass is 19.1. The SMILES string of the molecule is C=C1c2c(C)cccc2C=C(Cn2nc(-c3cc(C)cc(F)c3)c3c(N)ncnc32)N1CCC. The van der Waals surface area contributed by atoms with Crippen molar-refractivity contribution in [2.24, 2.45) is 0 Å². The maximum atomic E-state index is 14.2. The van der Waals surface area contributed by atoms with Crippen LogP contribution in [0.5, 0.6) is 0 Å². The molecule has 7 heteroatoms. The van der Waals surface area contributed by atoms with Crippen LogP contribution in [0.3, 0.4) is 0 Å². The summed E-state index contributed by atoms with van der Waals surface area (Å²) in [4.78, 5) is 10.9. The van der Waals surface area contributed by atoms with Gasteiger partial charge in [-0.25, -0.2) is 19.0 Å². The van der Waals surface area contributed by atoms with E-state index in [1.165, 1.54) is 29.6 Å². The molecule has 0 aliphatic carbocycles. The molecule has 6 nitrogen and oxygen atoms in total. The number of allylic oxidation sites excluding steroid dienone is 1. The fourth-order valence-corrected chi connectivity index (χ4v) is 4.77. The normalized spacial score (nSPS) is 13.4. The molecule has 1 aliphatic heterocycles. The maximum absolute atomic E-state index is 14.2. The van der Waals surface area contributed by atoms with Gasteiger partial charge in [0.05, 0.1) is 11.9 Å². The van der Waals surface area contributed by atoms with Crippen molar-refractivity contribution in [1.82, 2.24) is 24.6 Å². The topological polar surface area (TPSA) is 72.9 Å². The van der Waals surface area contributed by atoms with Crippen LogP contribution in [0.15, 0.2) is 55.0 Å². The average molecular weight is 455 g/mol. The highest BCUT2D eigenvalue weighted by Crippen LogP contribution is 2.36. The number of halogens is 1. The third kappa shape index (κ3) is 3.63. The van der Waals surface area contributed by atoms with Gasteiger partial charge >= 0.3 is 0 Å². The summed E-state index contributed by atoms with van der Waals surface area (Å²) in [6, 6.07) is 11.1. The molecule has 4 aromatic rings. The van der Waals surface area contributed by atoms with Crippen molar-refractivity contribution >= 4 is 28.6 Å². The van der Waals surface area contributed by atoms with E-state index in [4.69, 9.17) is 10.8 Å². The molecule has 1 aliphatic rings. The van der Waals surface area contributed by atoms with Crippen molar-refractivity contribution in [3.63, 3.8) is 0 Å². The van der Waals surface area contributed by atoms with Crippen molar-refractivity contribution in [3.8, 4) is 11.3 Å². The van der Waals surface area contributed by atoms with E-state index in [1.54, 1.807) is 0 Å². The molecule has 2 aromatic carbocycles. The Hall–Kier alpha value is -4.00. The second-order valence-corrected chi connectivity index (χ2v) is 8.75. The Morgan fingerprint density at radius 1 is 1.12 bits per heavy atom. The van der Waals surface area contributed by atoms with Gasteiger partial charge in [-0.05, 0) is 61.2 Å². The van der Waals surface area contributed by atoms with Crippen LogP contribution in [0.4, 0.5) is 10.2 Å². The van der Waals surface area contributed by atoms with E-state index in [0.717, 1.165) is 35.5 Å². The second kappa shape index (κ2) is 8.41. The van der Waals surface area contributed by atoms with Gasteiger partial charge in [0, 0.05) is 29.1 Å². The van der Waals surface area contributed by atoms with Crippen molar-refractivity contribution in [2.45, 2.75) is 33.7 Å². The number of hydrogen-bond acceptors (Lipinski definition) is 5. The third-order valence-electron chi connectivity index (χ3n) is 6.22. The Kier molecular flexibility index (Phi) is 5.40. The Labute approximate surface area is 198 Å². The predicted molar refractivity (Wildman–Crippen MR) is 135 cm³/mol. The quantitative estimate of drug-likeness (QED) is 0.427. The molecule has 0 bridgehead atoms. The summed E-state index contributed by atoms with van der Waals surface area (Å²) < 4.78 is 16.0. The molecule has 0 spiro atoms. The summed E-state index contributed by atoms with van der Waals surface area (Å²) in [5.41, 5.74) is 14.5. The number of hydrogen-bond donors (Lipinski definition) is 1. The largest absolute Gasteiger partial charge is 0.383 e. The second-order valence-electron chi connectivity index (χ2n) is 8.75. The number of anilines is 1. The van der Waals surface area contributed by atoms with Gasteiger partial charge in [0.1, 0.15) is 23.7 Å². The average Bonchev–Trinajstić information content (AvgIpc) is 3.15. The third-order valence-corrected chi connectivity index (χ3v) is 6.22. The molecule has 3 heterocycles. The van der Waals surface area contributed by atoms with Gasteiger partial charge in [-0.1, -0.05) is 31.7 Å². The molecule has 34 heavy (non-hydrogen) atoms. The zero-order chi connectivity index (χ0) is 24.0. The molecule has 0 unspecified atom stereocenters. The highest BCUT2D eigenvalue weighted by Gasteiger charge is 2.25. The van der Waals surface area contributed by atoms with E-state index in [2.05, 4.69) is 59.6 Å². The number of rotatable bonds is 5. The van der Waals surface area contributed by atoms with E-state index in [0.29, 0.717) is 34.7 Å². The molecular formula is C27H27FN6. The van der Waals surface area contributed by atoms with Crippen molar-refractivity contribution < 1.29 is 4.39 Å². The molecule has 2 N–H and O–H groups in total. The van der Waals surface area contributed by atoms with Crippen LogP contribution in [0.25, 0.3) is 34.1 Å². The minimum absolute atomic E-state index is 0.319. The Morgan fingerprint density at radius 2 is 1.94 bits per heavy atom. The number of fused-ring (bicyclic) bond motifs is 2. The van der Waals surface area contributed by atoms with Crippen LogP contribution in [-0.4, -0.2) is 31.2 Å². The predicted octanol–water partition coefficient (Wildman–Crippen LogP) is 5.57. The molecule has 0 atom stereocenters. The Bertz CT molecular complexity index is 1450. The molecule has 172 valence electrons. The lowest BCUT2D eigenvalue weighted by molar-refractivity contribution is 0.446. The molecule has 0 amide bonds. The molecule has 0 radical (unpaired) electrons. The minimum atomic E-state index is -0.319. The fourth-order valence-electron chi connectivity index (χ4n) is 4.77. The van der Waals surface area contributed by atoms with E-state index in [-0.39, 0.29) is 5.82 Å². The van der Waals surface area contributed by atoms with Crippen LogP contribution >= 0.6 is 0 Å². The van der Waals surface area contributed by atoms with Crippen LogP contribution < -0.4 is 5.73 Å². The number of nitrogens with two attached hydrogens (primary N) is 1. The minimum Gasteiger partial charge on any atom is -0.383 e. The number of aromatic nitrogens is 4. The van der Waals surface area contributed by atoms with Gasteiger partial charge in [0.2, 0.25) is 0 Å². The molecule has 5 rings (SSSR count). The zero-order valence-electron chi connectivity index (χ0n) is 19.6. The first-order chi connectivity index (χ1) is 16.4. The summed E-state index contributed by atoms with van der Waals surface area (Å²) in [5, 5.41) is 5.49. The van der Waals surface area contributed by atoms with Crippen LogP contribution in [-0.2, 0) is 6.54 Å². The zero-order valence-corrected chi connectivity index (χ0v) is 19.6. The first-order valence-corrected chi connectivity index (χ1v) is 11.4. The molecule has 0 saturated carbocycles. The van der Waals surface area contributed by atoms with Gasteiger partial charge in [0.25, 0.3) is 0 Å². The van der Waals surface area contributed by atoms with Crippen LogP contribution in [0.1, 0.15) is 35.6 Å². The van der Waals surface area contributed by atoms with Crippen molar-refractivity contribution in [3.05, 3.63) is 83.1 Å². The lowest BCUT2D eigenvalue weighted by atomic mass is 9.94. The van der Waals surface area contributed by atoms with Gasteiger partial charge in [-0.2, -0.15) is 5.10 Å². The van der Waals surface area contributed by atoms with Gasteiger partial charge in [-0.15, -0.1) is 0 Å².